The van der Waals surface area contributed by atoms with Gasteiger partial charge in [-0.15, -0.1) is 0 Å². The summed E-state index contributed by atoms with van der Waals surface area (Å²) in [7, 11) is -3.18. The molecule has 2 N–H and O–H groups in total. The van der Waals surface area contributed by atoms with Gasteiger partial charge >= 0.3 is 21.9 Å². The zero-order valence-corrected chi connectivity index (χ0v) is 10.9. The zero-order chi connectivity index (χ0) is 15.5. The van der Waals surface area contributed by atoms with Crippen LogP contribution in [0.3, 0.4) is 0 Å². The third-order valence-electron chi connectivity index (χ3n) is 2.16. The highest BCUT2D eigenvalue weighted by Gasteiger charge is 2.21. The second-order valence-corrected chi connectivity index (χ2v) is 5.46. The van der Waals surface area contributed by atoms with Crippen LogP contribution in [0.15, 0.2) is 18.2 Å². The maximum atomic E-state index is 13.3. The number of nitrogens with zero attached hydrogens (tertiary/aromatic N) is 2. The van der Waals surface area contributed by atoms with E-state index in [9.17, 15) is 27.7 Å². The monoisotopic (exact) mass is 307 g/mol. The maximum absolute atomic E-state index is 13.3. The van der Waals surface area contributed by atoms with Crippen LogP contribution in [0.4, 0.5) is 15.8 Å². The molecule has 0 saturated heterocycles. The van der Waals surface area contributed by atoms with E-state index in [1.54, 1.807) is 0 Å². The Bertz CT molecular complexity index is 647. The lowest BCUT2D eigenvalue weighted by molar-refractivity contribution is -0.387. The second kappa shape index (κ2) is 5.79. The molecule has 0 radical (unpaired) electrons. The average Bonchev–Trinajstić information content (AvgIpc) is 2.26. The summed E-state index contributed by atoms with van der Waals surface area (Å²) in [5, 5.41) is 18.9. The molecule has 11 heteroatoms. The Morgan fingerprint density at radius 3 is 2.60 bits per heavy atom. The summed E-state index contributed by atoms with van der Waals surface area (Å²) in [6.07, 6.45) is 0. The molecule has 1 aromatic carbocycles. The first-order chi connectivity index (χ1) is 9.13. The van der Waals surface area contributed by atoms with Crippen LogP contribution in [0.25, 0.3) is 0 Å². The van der Waals surface area contributed by atoms with Gasteiger partial charge in [0.1, 0.15) is 6.54 Å². The Morgan fingerprint density at radius 2 is 2.15 bits per heavy atom. The van der Waals surface area contributed by atoms with Gasteiger partial charge in [-0.2, -0.15) is 17.1 Å². The van der Waals surface area contributed by atoms with Crippen LogP contribution in [0.2, 0.25) is 0 Å². The van der Waals surface area contributed by atoms with Gasteiger partial charge < -0.3 is 5.11 Å². The quantitative estimate of drug-likeness (QED) is 0.578. The third-order valence-corrected chi connectivity index (χ3v) is 3.60. The van der Waals surface area contributed by atoms with Gasteiger partial charge in [0, 0.05) is 19.2 Å². The van der Waals surface area contributed by atoms with E-state index < -0.39 is 39.2 Å². The smallest absolute Gasteiger partial charge is 0.318 e. The number of carboxylic acid groups (broad SMARTS) is 1. The van der Waals surface area contributed by atoms with Gasteiger partial charge in [0.05, 0.1) is 10.6 Å². The number of benzene rings is 1. The maximum Gasteiger partial charge on any atom is 0.318 e. The predicted octanol–water partition coefficient (Wildman–Crippen LogP) is 0.407. The highest BCUT2D eigenvalue weighted by Crippen LogP contribution is 2.21. The van der Waals surface area contributed by atoms with Crippen molar-refractivity contribution in [1.29, 1.82) is 0 Å². The molecule has 0 amide bonds. The van der Waals surface area contributed by atoms with Crippen LogP contribution in [-0.2, 0) is 15.0 Å². The van der Waals surface area contributed by atoms with Gasteiger partial charge in [-0.05, 0) is 6.07 Å². The molecule has 1 aromatic rings. The summed E-state index contributed by atoms with van der Waals surface area (Å²) >= 11 is 0. The lowest BCUT2D eigenvalue weighted by atomic mass is 10.3. The lowest BCUT2D eigenvalue weighted by Crippen LogP contribution is -2.36. The molecule has 0 atom stereocenters. The summed E-state index contributed by atoms with van der Waals surface area (Å²) in [6.45, 7) is -0.787. The normalized spacial score (nSPS) is 11.3. The summed E-state index contributed by atoms with van der Waals surface area (Å²) in [4.78, 5) is 19.9. The van der Waals surface area contributed by atoms with E-state index in [2.05, 4.69) is 0 Å². The number of nitro groups is 1. The van der Waals surface area contributed by atoms with Crippen LogP contribution in [0, 0.1) is 15.9 Å². The minimum atomic E-state index is -4.19. The van der Waals surface area contributed by atoms with Crippen LogP contribution in [-0.4, -0.2) is 42.3 Å². The first kappa shape index (κ1) is 15.8. The fourth-order valence-electron chi connectivity index (χ4n) is 1.22. The number of halogens is 1. The Balaban J connectivity index is 2.96. The molecule has 0 heterocycles. The van der Waals surface area contributed by atoms with Crippen molar-refractivity contribution in [3.8, 4) is 0 Å². The molecule has 0 fully saturated rings. The topological polar surface area (TPSA) is 130 Å². The first-order valence-electron chi connectivity index (χ1n) is 5.03. The van der Waals surface area contributed by atoms with Crippen molar-refractivity contribution in [3.05, 3.63) is 34.1 Å². The van der Waals surface area contributed by atoms with Crippen LogP contribution in [0.5, 0.6) is 0 Å². The van der Waals surface area contributed by atoms with Crippen molar-refractivity contribution in [3.63, 3.8) is 0 Å². The molecule has 0 aromatic heterocycles. The van der Waals surface area contributed by atoms with Crippen molar-refractivity contribution in [2.45, 2.75) is 0 Å². The summed E-state index contributed by atoms with van der Waals surface area (Å²) in [6, 6.07) is 2.42. The van der Waals surface area contributed by atoms with E-state index in [0.29, 0.717) is 10.4 Å². The van der Waals surface area contributed by atoms with Gasteiger partial charge in [-0.25, -0.2) is 0 Å². The van der Waals surface area contributed by atoms with Crippen LogP contribution >= 0.6 is 0 Å². The summed E-state index contributed by atoms with van der Waals surface area (Å²) < 4.78 is 39.0. The highest BCUT2D eigenvalue weighted by molar-refractivity contribution is 7.90. The first-order valence-corrected chi connectivity index (χ1v) is 6.47. The van der Waals surface area contributed by atoms with E-state index in [1.807, 2.05) is 4.72 Å². The molecule has 0 bridgehead atoms. The summed E-state index contributed by atoms with van der Waals surface area (Å²) in [5.41, 5.74) is -1.06. The Kier molecular flexibility index (Phi) is 4.57. The SMILES string of the molecule is CN(CC(=O)O)S(=O)(=O)Nc1ccc([N+](=O)[O-])c(F)c1. The van der Waals surface area contributed by atoms with E-state index in [4.69, 9.17) is 5.11 Å². The highest BCUT2D eigenvalue weighted by atomic mass is 32.2. The number of rotatable bonds is 6. The predicted molar refractivity (Wildman–Crippen MR) is 65.9 cm³/mol. The van der Waals surface area contributed by atoms with Crippen LogP contribution in [0.1, 0.15) is 0 Å². The number of hydrogen-bond acceptors (Lipinski definition) is 5. The molecular formula is C9H10FN3O6S. The molecule has 1 rings (SSSR count). The van der Waals surface area contributed by atoms with E-state index in [1.165, 1.54) is 0 Å². The lowest BCUT2D eigenvalue weighted by Gasteiger charge is -2.16. The van der Waals surface area contributed by atoms with Gasteiger partial charge in [-0.3, -0.25) is 19.6 Å². The average molecular weight is 307 g/mol. The number of nitrogens with one attached hydrogen (secondary N) is 1. The van der Waals surface area contributed by atoms with Crippen molar-refractivity contribution in [1.82, 2.24) is 4.31 Å². The van der Waals surface area contributed by atoms with Gasteiger partial charge in [0.25, 0.3) is 0 Å². The molecule has 0 spiro atoms. The van der Waals surface area contributed by atoms with Crippen molar-refractivity contribution < 1.29 is 27.6 Å². The number of nitro benzene ring substituents is 1. The van der Waals surface area contributed by atoms with Crippen molar-refractivity contribution >= 4 is 27.6 Å². The molecule has 20 heavy (non-hydrogen) atoms. The number of carboxylic acids is 1. The molecule has 0 unspecified atom stereocenters. The van der Waals surface area contributed by atoms with E-state index in [-0.39, 0.29) is 5.69 Å². The standard InChI is InChI=1S/C9H10FN3O6S/c1-12(5-9(14)15)20(18,19)11-6-2-3-8(13(16)17)7(10)4-6/h2-4,11H,5H2,1H3,(H,14,15). The largest absolute Gasteiger partial charge is 0.480 e. The molecule has 0 aliphatic rings. The van der Waals surface area contributed by atoms with Gasteiger partial charge in [-0.1, -0.05) is 0 Å². The molecule has 110 valence electrons. The second-order valence-electron chi connectivity index (χ2n) is 3.68. The minimum absolute atomic E-state index is 0.259. The number of anilines is 1. The van der Waals surface area contributed by atoms with Gasteiger partial charge in [0.15, 0.2) is 0 Å². The minimum Gasteiger partial charge on any atom is -0.480 e. The zero-order valence-electron chi connectivity index (χ0n) is 10.1. The number of hydrogen-bond donors (Lipinski definition) is 2. The molecule has 0 aliphatic heterocycles. The molecule has 9 nitrogen and oxygen atoms in total. The van der Waals surface area contributed by atoms with Gasteiger partial charge in [0.2, 0.25) is 5.82 Å². The summed E-state index contributed by atoms with van der Waals surface area (Å²) in [5.74, 6) is -2.58. The van der Waals surface area contributed by atoms with E-state index in [0.717, 1.165) is 19.2 Å². The van der Waals surface area contributed by atoms with Crippen molar-refractivity contribution in [2.75, 3.05) is 18.3 Å². The number of aliphatic carboxylic acids is 1. The number of carbonyl (C=O) groups is 1. The van der Waals surface area contributed by atoms with E-state index >= 15 is 0 Å². The molecule has 0 aliphatic carbocycles. The Morgan fingerprint density at radius 1 is 1.55 bits per heavy atom. The fraction of sp³-hybridized carbons (Fsp3) is 0.222. The molecule has 0 saturated carbocycles. The van der Waals surface area contributed by atoms with Crippen LogP contribution < -0.4 is 4.72 Å². The fourth-order valence-corrected chi connectivity index (χ4v) is 2.08. The Labute approximate surface area is 113 Å². The third kappa shape index (κ3) is 3.86. The van der Waals surface area contributed by atoms with Crippen molar-refractivity contribution in [2.24, 2.45) is 0 Å². The Hall–Kier alpha value is -2.27. The number of likely N-dealkylation sites (N-methyl/N-ethyl adjacent to an activating group) is 1. The molecular weight excluding hydrogens is 297 g/mol.